The van der Waals surface area contributed by atoms with Crippen molar-refractivity contribution in [2.24, 2.45) is 4.99 Å². The molecule has 3 heterocycles. The number of para-hydroxylation sites is 1. The predicted octanol–water partition coefficient (Wildman–Crippen LogP) is 6.74. The Morgan fingerprint density at radius 2 is 1.90 bits per heavy atom. The number of nitrogens with one attached hydrogen (secondary N) is 1. The molecule has 0 saturated carbocycles. The van der Waals surface area contributed by atoms with E-state index in [2.05, 4.69) is 15.3 Å². The van der Waals surface area contributed by atoms with Gasteiger partial charge in [-0.3, -0.25) is 4.79 Å². The number of hydrogen-bond donors (Lipinski definition) is 1. The summed E-state index contributed by atoms with van der Waals surface area (Å²) >= 11 is 8.58. The van der Waals surface area contributed by atoms with Gasteiger partial charge in [0.2, 0.25) is 0 Å². The number of carbonyl (C=O) groups excluding carboxylic acids is 1. The van der Waals surface area contributed by atoms with E-state index >= 15 is 0 Å². The van der Waals surface area contributed by atoms with Gasteiger partial charge in [0.1, 0.15) is 11.6 Å². The number of nitrogens with zero attached hydrogens (tertiary/aromatic N) is 2. The lowest BCUT2D eigenvalue weighted by Gasteiger charge is -1.99. The summed E-state index contributed by atoms with van der Waals surface area (Å²) in [4.78, 5) is 21.7. The Bertz CT molecular complexity index is 1260. The molecule has 0 spiro atoms. The number of rotatable bonds is 3. The molecule has 5 nitrogen and oxygen atoms in total. The first-order valence-corrected chi connectivity index (χ1v) is 10.7. The first-order chi connectivity index (χ1) is 14.1. The third-order valence-electron chi connectivity index (χ3n) is 4.13. The quantitative estimate of drug-likeness (QED) is 0.385. The smallest absolute Gasteiger partial charge is 0.289 e. The van der Waals surface area contributed by atoms with Gasteiger partial charge in [0, 0.05) is 5.02 Å². The third-order valence-corrected chi connectivity index (χ3v) is 6.25. The summed E-state index contributed by atoms with van der Waals surface area (Å²) in [6, 6.07) is 18.8. The van der Waals surface area contributed by atoms with Crippen molar-refractivity contribution in [1.29, 1.82) is 0 Å². The van der Waals surface area contributed by atoms with E-state index in [9.17, 15) is 4.79 Å². The number of aromatic nitrogens is 1. The molecule has 1 amide bonds. The zero-order valence-corrected chi connectivity index (χ0v) is 17.1. The van der Waals surface area contributed by atoms with Gasteiger partial charge in [-0.05, 0) is 66.4 Å². The van der Waals surface area contributed by atoms with E-state index in [1.165, 1.54) is 0 Å². The molecule has 0 atom stereocenters. The average Bonchev–Trinajstić information content (AvgIpc) is 3.42. The zero-order chi connectivity index (χ0) is 19.8. The molecule has 29 heavy (non-hydrogen) atoms. The molecule has 4 aromatic rings. The highest BCUT2D eigenvalue weighted by Gasteiger charge is 2.24. The first-order valence-electron chi connectivity index (χ1n) is 8.65. The number of carbonyl (C=O) groups is 1. The number of amides is 1. The summed E-state index contributed by atoms with van der Waals surface area (Å²) < 4.78 is 7.07. The van der Waals surface area contributed by atoms with Crippen LogP contribution in [0.2, 0.25) is 5.02 Å². The Morgan fingerprint density at radius 3 is 2.72 bits per heavy atom. The number of thioether (sulfide) groups is 1. The van der Waals surface area contributed by atoms with E-state index in [4.69, 9.17) is 16.0 Å². The summed E-state index contributed by atoms with van der Waals surface area (Å²) in [7, 11) is 0. The summed E-state index contributed by atoms with van der Waals surface area (Å²) in [6.07, 6.45) is 1.80. The Labute approximate surface area is 179 Å². The highest BCUT2D eigenvalue weighted by molar-refractivity contribution is 8.18. The molecule has 0 bridgehead atoms. The Hall–Kier alpha value is -2.87. The lowest BCUT2D eigenvalue weighted by molar-refractivity contribution is 0.265. The van der Waals surface area contributed by atoms with Gasteiger partial charge in [-0.25, -0.2) is 9.98 Å². The van der Waals surface area contributed by atoms with Crippen molar-refractivity contribution in [3.05, 3.63) is 76.4 Å². The molecular weight excluding hydrogens is 426 g/mol. The second kappa shape index (κ2) is 7.51. The number of amidine groups is 1. The number of thiazole rings is 1. The number of hydrogen-bond acceptors (Lipinski definition) is 6. The Balaban J connectivity index is 1.46. The largest absolute Gasteiger partial charge is 0.454 e. The molecule has 2 aromatic carbocycles. The molecule has 8 heteroatoms. The van der Waals surface area contributed by atoms with Crippen LogP contribution in [-0.2, 0) is 0 Å². The van der Waals surface area contributed by atoms with Crippen molar-refractivity contribution in [2.45, 2.75) is 0 Å². The molecular formula is C21H12ClN3O2S2. The van der Waals surface area contributed by atoms with Crippen molar-refractivity contribution < 1.29 is 9.21 Å². The Morgan fingerprint density at radius 1 is 1.07 bits per heavy atom. The van der Waals surface area contributed by atoms with Crippen LogP contribution in [0.4, 0.5) is 10.5 Å². The monoisotopic (exact) mass is 437 g/mol. The van der Waals surface area contributed by atoms with Crippen LogP contribution in [0.3, 0.4) is 0 Å². The van der Waals surface area contributed by atoms with Crippen molar-refractivity contribution in [3.63, 3.8) is 0 Å². The van der Waals surface area contributed by atoms with E-state index < -0.39 is 0 Å². The standard InChI is InChI=1S/C21H12ClN3O2S2/c22-12-5-7-13(8-6-12)23-19-18(29-21(26)25-19)11-14-9-10-16(27-14)20-24-15-3-1-2-4-17(15)28-20/h1-11H,(H,23,25,26)/b18-11-. The van der Waals surface area contributed by atoms with E-state index in [0.717, 1.165) is 27.0 Å². The number of furan rings is 1. The maximum atomic E-state index is 11.9. The van der Waals surface area contributed by atoms with Crippen LogP contribution in [0.1, 0.15) is 5.76 Å². The summed E-state index contributed by atoms with van der Waals surface area (Å²) in [5, 5.41) is 4.04. The van der Waals surface area contributed by atoms with Gasteiger partial charge < -0.3 is 9.73 Å². The van der Waals surface area contributed by atoms with Gasteiger partial charge in [-0.15, -0.1) is 11.3 Å². The molecule has 142 valence electrons. The average molecular weight is 438 g/mol. The van der Waals surface area contributed by atoms with Crippen LogP contribution in [-0.4, -0.2) is 16.1 Å². The molecule has 1 aliphatic rings. The fourth-order valence-electron chi connectivity index (χ4n) is 2.81. The maximum Gasteiger partial charge on any atom is 0.289 e. The molecule has 2 aromatic heterocycles. The van der Waals surface area contributed by atoms with Gasteiger partial charge in [0.15, 0.2) is 10.8 Å². The van der Waals surface area contributed by atoms with E-state index in [-0.39, 0.29) is 5.24 Å². The van der Waals surface area contributed by atoms with Crippen molar-refractivity contribution in [3.8, 4) is 10.8 Å². The van der Waals surface area contributed by atoms with Crippen LogP contribution in [0.5, 0.6) is 0 Å². The van der Waals surface area contributed by atoms with Crippen LogP contribution in [0.15, 0.2) is 75.0 Å². The highest BCUT2D eigenvalue weighted by Crippen LogP contribution is 2.33. The van der Waals surface area contributed by atoms with Gasteiger partial charge >= 0.3 is 0 Å². The zero-order valence-electron chi connectivity index (χ0n) is 14.8. The molecule has 1 aliphatic heterocycles. The molecule has 0 unspecified atom stereocenters. The summed E-state index contributed by atoms with van der Waals surface area (Å²) in [5.74, 6) is 1.80. The summed E-state index contributed by atoms with van der Waals surface area (Å²) in [6.45, 7) is 0. The van der Waals surface area contributed by atoms with Gasteiger partial charge in [-0.2, -0.15) is 0 Å². The highest BCUT2D eigenvalue weighted by atomic mass is 35.5. The molecule has 1 saturated heterocycles. The van der Waals surface area contributed by atoms with E-state index in [1.807, 2.05) is 36.4 Å². The molecule has 0 radical (unpaired) electrons. The predicted molar refractivity (Wildman–Crippen MR) is 120 cm³/mol. The van der Waals surface area contributed by atoms with Crippen LogP contribution in [0, 0.1) is 0 Å². The second-order valence-electron chi connectivity index (χ2n) is 6.15. The van der Waals surface area contributed by atoms with Gasteiger partial charge in [0.25, 0.3) is 5.24 Å². The number of fused-ring (bicyclic) bond motifs is 1. The second-order valence-corrected chi connectivity index (χ2v) is 8.63. The maximum absolute atomic E-state index is 11.9. The molecule has 0 aliphatic carbocycles. The van der Waals surface area contributed by atoms with Gasteiger partial charge in [0.05, 0.1) is 20.8 Å². The normalized spacial score (nSPS) is 16.8. The third kappa shape index (κ3) is 3.85. The van der Waals surface area contributed by atoms with Crippen LogP contribution in [0.25, 0.3) is 27.1 Å². The van der Waals surface area contributed by atoms with Crippen molar-refractivity contribution in [2.75, 3.05) is 0 Å². The van der Waals surface area contributed by atoms with Crippen molar-refractivity contribution in [1.82, 2.24) is 10.3 Å². The molecule has 5 rings (SSSR count). The number of aliphatic imine (C=N–C) groups is 1. The minimum Gasteiger partial charge on any atom is -0.454 e. The number of halogens is 1. The molecule has 1 fully saturated rings. The Kier molecular flexibility index (Phi) is 4.71. The van der Waals surface area contributed by atoms with E-state index in [0.29, 0.717) is 33.0 Å². The lowest BCUT2D eigenvalue weighted by atomic mass is 10.3. The van der Waals surface area contributed by atoms with Gasteiger partial charge in [-0.1, -0.05) is 23.7 Å². The van der Waals surface area contributed by atoms with E-state index in [1.54, 1.807) is 41.7 Å². The minimum atomic E-state index is -0.179. The fraction of sp³-hybridized carbons (Fsp3) is 0. The summed E-state index contributed by atoms with van der Waals surface area (Å²) in [5.41, 5.74) is 1.65. The van der Waals surface area contributed by atoms with Crippen LogP contribution >= 0.6 is 34.7 Å². The SMILES string of the molecule is O=C1NC(=Nc2ccc(Cl)cc2)/C(=C/c2ccc(-c3nc4ccccc4s3)o2)S1. The lowest BCUT2D eigenvalue weighted by Crippen LogP contribution is -2.18. The number of benzene rings is 2. The minimum absolute atomic E-state index is 0.179. The topological polar surface area (TPSA) is 67.5 Å². The fourth-order valence-corrected chi connectivity index (χ4v) is 4.58. The van der Waals surface area contributed by atoms with Crippen molar-refractivity contribution >= 4 is 67.8 Å². The van der Waals surface area contributed by atoms with Crippen LogP contribution < -0.4 is 5.32 Å². The first kappa shape index (κ1) is 18.2. The molecule has 1 N–H and O–H groups in total.